The van der Waals surface area contributed by atoms with Gasteiger partial charge in [0.1, 0.15) is 11.6 Å². The van der Waals surface area contributed by atoms with Crippen molar-refractivity contribution in [1.29, 1.82) is 0 Å². The van der Waals surface area contributed by atoms with E-state index in [1.807, 2.05) is 0 Å². The van der Waals surface area contributed by atoms with Gasteiger partial charge >= 0.3 is 0 Å². The number of benzene rings is 1. The predicted octanol–water partition coefficient (Wildman–Crippen LogP) is 3.93. The summed E-state index contributed by atoms with van der Waals surface area (Å²) in [6, 6.07) is 4.85. The minimum atomic E-state index is -0.185. The minimum Gasteiger partial charge on any atom is -0.493 e. The second-order valence-electron chi connectivity index (χ2n) is 3.65. The molecular weight excluding hydrogens is 259 g/mol. The van der Waals surface area contributed by atoms with E-state index in [4.69, 9.17) is 4.74 Å². The Morgan fingerprint density at radius 3 is 2.73 bits per heavy atom. The van der Waals surface area contributed by atoms with Gasteiger partial charge in [0.05, 0.1) is 6.61 Å². The third-order valence-electron chi connectivity index (χ3n) is 2.41. The third-order valence-corrected chi connectivity index (χ3v) is 3.33. The second kappa shape index (κ2) is 6.11. The average molecular weight is 275 g/mol. The van der Waals surface area contributed by atoms with Crippen molar-refractivity contribution in [2.45, 2.75) is 20.3 Å². The molecule has 1 nitrogen and oxygen atoms in total. The largest absolute Gasteiger partial charge is 0.493 e. The Balaban J connectivity index is 2.54. The normalized spacial score (nSPS) is 12.5. The van der Waals surface area contributed by atoms with Gasteiger partial charge in [-0.3, -0.25) is 0 Å². The SMILES string of the molecule is CCC(CBr)COc1ccc(F)c(C)c1. The molecule has 15 heavy (non-hydrogen) atoms. The Kier molecular flexibility index (Phi) is 5.09. The minimum absolute atomic E-state index is 0.185. The third kappa shape index (κ3) is 3.82. The molecule has 0 aliphatic carbocycles. The fourth-order valence-electron chi connectivity index (χ4n) is 1.19. The van der Waals surface area contributed by atoms with E-state index < -0.39 is 0 Å². The van der Waals surface area contributed by atoms with Crippen molar-refractivity contribution in [3.8, 4) is 5.75 Å². The summed E-state index contributed by atoms with van der Waals surface area (Å²) in [4.78, 5) is 0. The summed E-state index contributed by atoms with van der Waals surface area (Å²) in [5, 5.41) is 0.934. The van der Waals surface area contributed by atoms with Gasteiger partial charge in [-0.15, -0.1) is 0 Å². The van der Waals surface area contributed by atoms with E-state index in [0.717, 1.165) is 17.5 Å². The van der Waals surface area contributed by atoms with Gasteiger partial charge in [0.15, 0.2) is 0 Å². The molecule has 0 saturated carbocycles. The molecule has 1 aromatic carbocycles. The van der Waals surface area contributed by atoms with Gasteiger partial charge in [-0.25, -0.2) is 4.39 Å². The van der Waals surface area contributed by atoms with Gasteiger partial charge < -0.3 is 4.74 Å². The first kappa shape index (κ1) is 12.5. The lowest BCUT2D eigenvalue weighted by Gasteiger charge is -2.13. The molecule has 1 rings (SSSR count). The van der Waals surface area contributed by atoms with Crippen LogP contribution >= 0.6 is 15.9 Å². The van der Waals surface area contributed by atoms with E-state index in [1.165, 1.54) is 6.07 Å². The molecule has 0 aliphatic rings. The molecule has 0 amide bonds. The van der Waals surface area contributed by atoms with E-state index in [2.05, 4.69) is 22.9 Å². The number of alkyl halides is 1. The van der Waals surface area contributed by atoms with Crippen LogP contribution in [-0.4, -0.2) is 11.9 Å². The molecule has 0 bridgehead atoms. The van der Waals surface area contributed by atoms with Crippen LogP contribution in [0.25, 0.3) is 0 Å². The van der Waals surface area contributed by atoms with Crippen molar-refractivity contribution in [2.75, 3.05) is 11.9 Å². The molecule has 84 valence electrons. The topological polar surface area (TPSA) is 9.23 Å². The molecule has 0 radical (unpaired) electrons. The Labute approximate surface area is 98.8 Å². The lowest BCUT2D eigenvalue weighted by atomic mass is 10.1. The van der Waals surface area contributed by atoms with Crippen LogP contribution in [0.3, 0.4) is 0 Å². The molecule has 0 saturated heterocycles. The highest BCUT2D eigenvalue weighted by Gasteiger charge is 2.06. The summed E-state index contributed by atoms with van der Waals surface area (Å²) >= 11 is 3.44. The lowest BCUT2D eigenvalue weighted by Crippen LogP contribution is -2.12. The van der Waals surface area contributed by atoms with Crippen LogP contribution in [0.4, 0.5) is 4.39 Å². The average Bonchev–Trinajstić information content (AvgIpc) is 2.24. The standard InChI is InChI=1S/C12H16BrFO/c1-3-10(7-13)8-15-11-4-5-12(14)9(2)6-11/h4-6,10H,3,7-8H2,1-2H3. The van der Waals surface area contributed by atoms with Crippen molar-refractivity contribution in [2.24, 2.45) is 5.92 Å². The fraction of sp³-hybridized carbons (Fsp3) is 0.500. The molecule has 1 aromatic rings. The Bertz CT molecular complexity index is 310. The molecule has 0 fully saturated rings. The molecule has 1 unspecified atom stereocenters. The molecule has 3 heteroatoms. The van der Waals surface area contributed by atoms with E-state index in [9.17, 15) is 4.39 Å². The van der Waals surface area contributed by atoms with Gasteiger partial charge in [0.2, 0.25) is 0 Å². The van der Waals surface area contributed by atoms with Crippen LogP contribution in [0.5, 0.6) is 5.75 Å². The van der Waals surface area contributed by atoms with Gasteiger partial charge in [-0.05, 0) is 37.1 Å². The van der Waals surface area contributed by atoms with Crippen molar-refractivity contribution in [3.63, 3.8) is 0 Å². The first-order chi connectivity index (χ1) is 7.17. The van der Waals surface area contributed by atoms with E-state index >= 15 is 0 Å². The predicted molar refractivity (Wildman–Crippen MR) is 64.2 cm³/mol. The number of aryl methyl sites for hydroxylation is 1. The van der Waals surface area contributed by atoms with E-state index in [0.29, 0.717) is 18.1 Å². The van der Waals surface area contributed by atoms with Crippen LogP contribution in [0.2, 0.25) is 0 Å². The number of hydrogen-bond donors (Lipinski definition) is 0. The maximum absolute atomic E-state index is 13.0. The summed E-state index contributed by atoms with van der Waals surface area (Å²) in [5.41, 5.74) is 0.624. The van der Waals surface area contributed by atoms with Gasteiger partial charge in [-0.2, -0.15) is 0 Å². The Morgan fingerprint density at radius 2 is 2.20 bits per heavy atom. The zero-order chi connectivity index (χ0) is 11.3. The molecule has 0 aliphatic heterocycles. The maximum Gasteiger partial charge on any atom is 0.126 e. The lowest BCUT2D eigenvalue weighted by molar-refractivity contribution is 0.259. The monoisotopic (exact) mass is 274 g/mol. The summed E-state index contributed by atoms with van der Waals surface area (Å²) in [5.74, 6) is 1.07. The summed E-state index contributed by atoms with van der Waals surface area (Å²) in [7, 11) is 0. The Hall–Kier alpha value is -0.570. The smallest absolute Gasteiger partial charge is 0.126 e. The molecule has 0 heterocycles. The second-order valence-corrected chi connectivity index (χ2v) is 4.30. The summed E-state index contributed by atoms with van der Waals surface area (Å²) < 4.78 is 18.6. The van der Waals surface area contributed by atoms with Crippen LogP contribution in [-0.2, 0) is 0 Å². The number of halogens is 2. The Morgan fingerprint density at radius 1 is 1.47 bits per heavy atom. The molecular formula is C12H16BrFO. The number of rotatable bonds is 5. The van der Waals surface area contributed by atoms with Crippen LogP contribution in [0, 0.1) is 18.7 Å². The van der Waals surface area contributed by atoms with E-state index in [1.54, 1.807) is 19.1 Å². The van der Waals surface area contributed by atoms with Crippen LogP contribution in [0.15, 0.2) is 18.2 Å². The molecule has 0 spiro atoms. The summed E-state index contributed by atoms with van der Waals surface area (Å²) in [6.45, 7) is 4.54. The van der Waals surface area contributed by atoms with Crippen molar-refractivity contribution >= 4 is 15.9 Å². The highest BCUT2D eigenvalue weighted by molar-refractivity contribution is 9.09. The quantitative estimate of drug-likeness (QED) is 0.740. The number of ether oxygens (including phenoxy) is 1. The zero-order valence-corrected chi connectivity index (χ0v) is 10.7. The molecule has 0 N–H and O–H groups in total. The first-order valence-corrected chi connectivity index (χ1v) is 6.24. The highest BCUT2D eigenvalue weighted by atomic mass is 79.9. The van der Waals surface area contributed by atoms with Crippen LogP contribution < -0.4 is 4.74 Å². The van der Waals surface area contributed by atoms with Gasteiger partial charge in [0.25, 0.3) is 0 Å². The molecule has 0 aromatic heterocycles. The van der Waals surface area contributed by atoms with Crippen molar-refractivity contribution < 1.29 is 9.13 Å². The van der Waals surface area contributed by atoms with Gasteiger partial charge in [0, 0.05) is 11.2 Å². The zero-order valence-electron chi connectivity index (χ0n) is 9.09. The highest BCUT2D eigenvalue weighted by Crippen LogP contribution is 2.17. The maximum atomic E-state index is 13.0. The van der Waals surface area contributed by atoms with Crippen molar-refractivity contribution in [1.82, 2.24) is 0 Å². The number of hydrogen-bond acceptors (Lipinski definition) is 1. The van der Waals surface area contributed by atoms with Crippen LogP contribution in [0.1, 0.15) is 18.9 Å². The fourth-order valence-corrected chi connectivity index (χ4v) is 1.84. The van der Waals surface area contributed by atoms with Crippen molar-refractivity contribution in [3.05, 3.63) is 29.6 Å². The van der Waals surface area contributed by atoms with Gasteiger partial charge in [-0.1, -0.05) is 22.9 Å². The first-order valence-electron chi connectivity index (χ1n) is 5.12. The summed E-state index contributed by atoms with van der Waals surface area (Å²) in [6.07, 6.45) is 1.07. The van der Waals surface area contributed by atoms with E-state index in [-0.39, 0.29) is 5.82 Å². The molecule has 1 atom stereocenters.